The zero-order valence-corrected chi connectivity index (χ0v) is 19.4. The number of hydrazine groups is 1. The first-order valence-corrected chi connectivity index (χ1v) is 11.6. The lowest BCUT2D eigenvalue weighted by Crippen LogP contribution is -2.53. The minimum absolute atomic E-state index is 0.228. The van der Waals surface area contributed by atoms with Crippen LogP contribution in [0.5, 0.6) is 11.5 Å². The number of ether oxygens (including phenoxy) is 2. The van der Waals surface area contributed by atoms with E-state index in [9.17, 15) is 14.4 Å². The summed E-state index contributed by atoms with van der Waals surface area (Å²) >= 11 is 7.50. The van der Waals surface area contributed by atoms with Crippen LogP contribution in [-0.4, -0.2) is 49.0 Å². The summed E-state index contributed by atoms with van der Waals surface area (Å²) in [6.45, 7) is 1.30. The predicted molar refractivity (Wildman–Crippen MR) is 125 cm³/mol. The average Bonchev–Trinajstić information content (AvgIpc) is 2.80. The molecule has 3 N–H and O–H groups in total. The summed E-state index contributed by atoms with van der Waals surface area (Å²) in [7, 11) is 0. The van der Waals surface area contributed by atoms with E-state index in [2.05, 4.69) is 16.2 Å². The molecule has 1 unspecified atom stereocenters. The Morgan fingerprint density at radius 1 is 0.969 bits per heavy atom. The van der Waals surface area contributed by atoms with Gasteiger partial charge in [0.05, 0.1) is 0 Å². The molecule has 172 valence electrons. The second kappa shape index (κ2) is 13.5. The van der Waals surface area contributed by atoms with E-state index in [-0.39, 0.29) is 13.2 Å². The zero-order valence-electron chi connectivity index (χ0n) is 17.9. The molecule has 0 heterocycles. The minimum Gasteiger partial charge on any atom is -0.484 e. The summed E-state index contributed by atoms with van der Waals surface area (Å²) in [6, 6.07) is 13.1. The molecule has 0 saturated carbocycles. The van der Waals surface area contributed by atoms with Crippen LogP contribution in [0, 0.1) is 6.92 Å². The monoisotopic (exact) mass is 479 g/mol. The van der Waals surface area contributed by atoms with Gasteiger partial charge in [0.15, 0.2) is 13.2 Å². The molecule has 2 rings (SSSR count). The summed E-state index contributed by atoms with van der Waals surface area (Å²) in [5, 5.41) is 3.23. The van der Waals surface area contributed by atoms with Gasteiger partial charge in [-0.25, -0.2) is 0 Å². The van der Waals surface area contributed by atoms with E-state index >= 15 is 0 Å². The zero-order chi connectivity index (χ0) is 23.3. The van der Waals surface area contributed by atoms with Crippen molar-refractivity contribution in [1.82, 2.24) is 16.2 Å². The Hall–Kier alpha value is -2.91. The third kappa shape index (κ3) is 9.07. The van der Waals surface area contributed by atoms with Crippen molar-refractivity contribution in [3.63, 3.8) is 0 Å². The first kappa shape index (κ1) is 25.4. The van der Waals surface area contributed by atoms with Gasteiger partial charge >= 0.3 is 0 Å². The van der Waals surface area contributed by atoms with Crippen LogP contribution >= 0.6 is 23.4 Å². The molecule has 0 radical (unpaired) electrons. The van der Waals surface area contributed by atoms with E-state index in [1.54, 1.807) is 42.5 Å². The summed E-state index contributed by atoms with van der Waals surface area (Å²) < 4.78 is 10.8. The van der Waals surface area contributed by atoms with Crippen LogP contribution in [-0.2, 0) is 14.4 Å². The van der Waals surface area contributed by atoms with Crippen molar-refractivity contribution in [2.45, 2.75) is 19.4 Å². The number of carbonyl (C=O) groups excluding carboxylic acids is 3. The van der Waals surface area contributed by atoms with E-state index in [0.29, 0.717) is 28.7 Å². The SMILES string of the molecule is CSCCC(NC(=O)COc1ccccc1)C(=O)NNC(=O)COc1ccc(Cl)c(C)c1. The highest BCUT2D eigenvalue weighted by Gasteiger charge is 2.21. The van der Waals surface area contributed by atoms with Crippen LogP contribution in [0.25, 0.3) is 0 Å². The van der Waals surface area contributed by atoms with Gasteiger partial charge in [-0.1, -0.05) is 29.8 Å². The van der Waals surface area contributed by atoms with Crippen LogP contribution in [0.1, 0.15) is 12.0 Å². The molecule has 10 heteroatoms. The van der Waals surface area contributed by atoms with Crippen molar-refractivity contribution < 1.29 is 23.9 Å². The number of aryl methyl sites for hydroxylation is 1. The number of hydrogen-bond acceptors (Lipinski definition) is 6. The van der Waals surface area contributed by atoms with Gasteiger partial charge in [0.2, 0.25) is 0 Å². The first-order chi connectivity index (χ1) is 15.4. The minimum atomic E-state index is -0.825. The molecule has 0 aromatic heterocycles. The van der Waals surface area contributed by atoms with Crippen LogP contribution in [0.3, 0.4) is 0 Å². The van der Waals surface area contributed by atoms with E-state index in [4.69, 9.17) is 21.1 Å². The topological polar surface area (TPSA) is 106 Å². The summed E-state index contributed by atoms with van der Waals surface area (Å²) in [5.74, 6) is 0.150. The molecular formula is C22H26ClN3O5S. The lowest BCUT2D eigenvalue weighted by atomic mass is 10.2. The van der Waals surface area contributed by atoms with Gasteiger partial charge in [-0.2, -0.15) is 11.8 Å². The molecule has 0 saturated heterocycles. The van der Waals surface area contributed by atoms with Crippen molar-refractivity contribution in [3.8, 4) is 11.5 Å². The Labute approximate surface area is 196 Å². The number of hydrogen-bond donors (Lipinski definition) is 3. The molecule has 0 aliphatic heterocycles. The van der Waals surface area contributed by atoms with Crippen molar-refractivity contribution in [3.05, 3.63) is 59.1 Å². The van der Waals surface area contributed by atoms with E-state index in [1.165, 1.54) is 11.8 Å². The molecule has 2 aromatic carbocycles. The predicted octanol–water partition coefficient (Wildman–Crippen LogP) is 2.49. The number of carbonyl (C=O) groups is 3. The van der Waals surface area contributed by atoms with Gasteiger partial charge in [0, 0.05) is 5.02 Å². The second-order valence-electron chi connectivity index (χ2n) is 6.74. The summed E-state index contributed by atoms with van der Waals surface area (Å²) in [4.78, 5) is 36.7. The van der Waals surface area contributed by atoms with Crippen LogP contribution in [0.15, 0.2) is 48.5 Å². The molecule has 3 amide bonds. The Morgan fingerprint density at radius 3 is 2.34 bits per heavy atom. The second-order valence-corrected chi connectivity index (χ2v) is 8.13. The molecular weight excluding hydrogens is 454 g/mol. The highest BCUT2D eigenvalue weighted by molar-refractivity contribution is 7.98. The lowest BCUT2D eigenvalue weighted by Gasteiger charge is -2.18. The number of rotatable bonds is 11. The van der Waals surface area contributed by atoms with Crippen LogP contribution in [0.2, 0.25) is 5.02 Å². The van der Waals surface area contributed by atoms with Gasteiger partial charge in [-0.15, -0.1) is 0 Å². The highest BCUT2D eigenvalue weighted by atomic mass is 35.5. The highest BCUT2D eigenvalue weighted by Crippen LogP contribution is 2.20. The standard InChI is InChI=1S/C22H26ClN3O5S/c1-15-12-17(8-9-18(15)23)31-14-21(28)25-26-22(29)19(10-11-32-2)24-20(27)13-30-16-6-4-3-5-7-16/h3-9,12,19H,10-11,13-14H2,1-2H3,(H,24,27)(H,25,28)(H,26,29). The van der Waals surface area contributed by atoms with Crippen molar-refractivity contribution in [1.29, 1.82) is 0 Å². The molecule has 0 fully saturated rings. The number of nitrogens with one attached hydrogen (secondary N) is 3. The van der Waals surface area contributed by atoms with Crippen molar-refractivity contribution in [2.24, 2.45) is 0 Å². The van der Waals surface area contributed by atoms with Gasteiger partial charge in [-0.05, 0) is 61.2 Å². The van der Waals surface area contributed by atoms with Crippen LogP contribution in [0.4, 0.5) is 0 Å². The Balaban J connectivity index is 1.79. The molecule has 0 aliphatic rings. The lowest BCUT2D eigenvalue weighted by molar-refractivity contribution is -0.133. The van der Waals surface area contributed by atoms with Gasteiger partial charge in [0.25, 0.3) is 17.7 Å². The maximum absolute atomic E-state index is 12.5. The smallest absolute Gasteiger partial charge is 0.276 e. The number of thioether (sulfide) groups is 1. The molecule has 0 bridgehead atoms. The first-order valence-electron chi connectivity index (χ1n) is 9.83. The molecule has 32 heavy (non-hydrogen) atoms. The fourth-order valence-corrected chi connectivity index (χ4v) is 3.11. The maximum Gasteiger partial charge on any atom is 0.276 e. The van der Waals surface area contributed by atoms with Gasteiger partial charge in [0.1, 0.15) is 17.5 Å². The third-order valence-electron chi connectivity index (χ3n) is 4.20. The van der Waals surface area contributed by atoms with Gasteiger partial charge < -0.3 is 14.8 Å². The van der Waals surface area contributed by atoms with E-state index < -0.39 is 23.8 Å². The number of benzene rings is 2. The summed E-state index contributed by atoms with van der Waals surface area (Å²) in [6.07, 6.45) is 2.29. The van der Waals surface area contributed by atoms with Crippen molar-refractivity contribution >= 4 is 41.1 Å². The third-order valence-corrected chi connectivity index (χ3v) is 5.27. The van der Waals surface area contributed by atoms with E-state index in [1.807, 2.05) is 19.2 Å². The Morgan fingerprint density at radius 2 is 1.66 bits per heavy atom. The van der Waals surface area contributed by atoms with E-state index in [0.717, 1.165) is 5.56 Å². The fraction of sp³-hybridized carbons (Fsp3) is 0.318. The largest absolute Gasteiger partial charge is 0.484 e. The van der Waals surface area contributed by atoms with Crippen molar-refractivity contribution in [2.75, 3.05) is 25.2 Å². The maximum atomic E-state index is 12.5. The molecule has 0 spiro atoms. The molecule has 0 aliphatic carbocycles. The Kier molecular flexibility index (Phi) is 10.7. The van der Waals surface area contributed by atoms with Crippen LogP contribution < -0.4 is 25.6 Å². The quantitative estimate of drug-likeness (QED) is 0.428. The average molecular weight is 480 g/mol. The number of para-hydroxylation sites is 1. The number of halogens is 1. The number of amides is 3. The summed E-state index contributed by atoms with van der Waals surface area (Å²) in [5.41, 5.74) is 5.43. The van der Waals surface area contributed by atoms with Gasteiger partial charge in [-0.3, -0.25) is 25.2 Å². The normalized spacial score (nSPS) is 11.2. The molecule has 8 nitrogen and oxygen atoms in total. The molecule has 1 atom stereocenters. The Bertz CT molecular complexity index is 914. The molecule has 2 aromatic rings. The fourth-order valence-electron chi connectivity index (χ4n) is 2.52.